The molecule has 0 spiro atoms. The van der Waals surface area contributed by atoms with Crippen LogP contribution in [-0.4, -0.2) is 51.5 Å². The molecular formula is C23H24FN5O3S. The van der Waals surface area contributed by atoms with E-state index < -0.39 is 11.4 Å². The molecule has 1 aromatic carbocycles. The van der Waals surface area contributed by atoms with Crippen molar-refractivity contribution in [2.45, 2.75) is 32.0 Å². The Morgan fingerprint density at radius 1 is 1.21 bits per heavy atom. The summed E-state index contributed by atoms with van der Waals surface area (Å²) in [6, 6.07) is 11.2. The van der Waals surface area contributed by atoms with E-state index in [0.717, 1.165) is 5.56 Å². The summed E-state index contributed by atoms with van der Waals surface area (Å²) < 4.78 is 14.5. The molecule has 1 unspecified atom stereocenters. The van der Waals surface area contributed by atoms with Crippen molar-refractivity contribution in [3.05, 3.63) is 75.5 Å². The molecule has 0 saturated heterocycles. The number of aromatic nitrogens is 2. The summed E-state index contributed by atoms with van der Waals surface area (Å²) in [6.45, 7) is 2.40. The number of hydrogen-bond acceptors (Lipinski definition) is 5. The van der Waals surface area contributed by atoms with E-state index in [-0.39, 0.29) is 42.1 Å². The fraction of sp³-hybridized carbons (Fsp3) is 0.304. The molecule has 3 heterocycles. The minimum atomic E-state index is -1.21. The molecule has 0 radical (unpaired) electrons. The predicted molar refractivity (Wildman–Crippen MR) is 121 cm³/mol. The molecule has 1 aliphatic heterocycles. The molecule has 10 heteroatoms. The van der Waals surface area contributed by atoms with Crippen LogP contribution in [0.3, 0.4) is 0 Å². The van der Waals surface area contributed by atoms with Crippen molar-refractivity contribution in [2.75, 3.05) is 13.6 Å². The van der Waals surface area contributed by atoms with Crippen molar-refractivity contribution < 1.29 is 18.8 Å². The molecular weight excluding hydrogens is 445 g/mol. The number of likely N-dealkylation sites (N-methyl/N-ethyl adjacent to an activating group) is 1. The topological polar surface area (TPSA) is 96.3 Å². The SMILES string of the molecule is CN1C(=O)c2cc(C(=O)NCCc3cccs3)nn2CC1(C)C(=O)NCc1ccc(F)cc1. The Morgan fingerprint density at radius 2 is 1.97 bits per heavy atom. The molecule has 3 aromatic rings. The van der Waals surface area contributed by atoms with Gasteiger partial charge in [-0.15, -0.1) is 11.3 Å². The number of hydrogen-bond donors (Lipinski definition) is 2. The van der Waals surface area contributed by atoms with E-state index in [9.17, 15) is 18.8 Å². The number of amides is 3. The monoisotopic (exact) mass is 469 g/mol. The third-order valence-electron chi connectivity index (χ3n) is 5.83. The Bertz CT molecular complexity index is 1180. The van der Waals surface area contributed by atoms with Gasteiger partial charge >= 0.3 is 0 Å². The van der Waals surface area contributed by atoms with Crippen LogP contribution in [-0.2, 0) is 24.3 Å². The Morgan fingerprint density at radius 3 is 2.67 bits per heavy atom. The van der Waals surface area contributed by atoms with Crippen molar-refractivity contribution in [3.63, 3.8) is 0 Å². The highest BCUT2D eigenvalue weighted by atomic mass is 32.1. The number of halogens is 1. The zero-order valence-electron chi connectivity index (χ0n) is 18.3. The van der Waals surface area contributed by atoms with E-state index in [0.29, 0.717) is 13.0 Å². The van der Waals surface area contributed by atoms with Crippen LogP contribution in [0.1, 0.15) is 38.3 Å². The van der Waals surface area contributed by atoms with Crippen LogP contribution < -0.4 is 10.6 Å². The Balaban J connectivity index is 1.43. The van der Waals surface area contributed by atoms with Gasteiger partial charge in [0.1, 0.15) is 17.1 Å². The van der Waals surface area contributed by atoms with Gasteiger partial charge in [0, 0.05) is 31.1 Å². The molecule has 1 aliphatic rings. The lowest BCUT2D eigenvalue weighted by molar-refractivity contribution is -0.132. The van der Waals surface area contributed by atoms with Crippen molar-refractivity contribution in [1.29, 1.82) is 0 Å². The quantitative estimate of drug-likeness (QED) is 0.555. The first-order valence-corrected chi connectivity index (χ1v) is 11.4. The van der Waals surface area contributed by atoms with Gasteiger partial charge in [-0.1, -0.05) is 18.2 Å². The number of rotatable bonds is 7. The molecule has 8 nitrogen and oxygen atoms in total. The van der Waals surface area contributed by atoms with E-state index in [4.69, 9.17) is 0 Å². The van der Waals surface area contributed by atoms with Gasteiger partial charge in [0.2, 0.25) is 5.91 Å². The molecule has 1 atom stereocenters. The highest BCUT2D eigenvalue weighted by Gasteiger charge is 2.46. The Labute approximate surface area is 194 Å². The molecule has 0 aliphatic carbocycles. The second-order valence-corrected chi connectivity index (χ2v) is 9.14. The smallest absolute Gasteiger partial charge is 0.272 e. The van der Waals surface area contributed by atoms with Gasteiger partial charge in [0.25, 0.3) is 11.8 Å². The molecule has 2 N–H and O–H groups in total. The van der Waals surface area contributed by atoms with Crippen LogP contribution in [0.25, 0.3) is 0 Å². The lowest BCUT2D eigenvalue weighted by atomic mass is 9.96. The molecule has 2 aromatic heterocycles. The van der Waals surface area contributed by atoms with Crippen LogP contribution in [0.2, 0.25) is 0 Å². The second kappa shape index (κ2) is 9.14. The third-order valence-corrected chi connectivity index (χ3v) is 6.76. The average molecular weight is 470 g/mol. The zero-order valence-corrected chi connectivity index (χ0v) is 19.1. The standard InChI is InChI=1S/C23H24FN5O3S/c1-23(22(32)26-13-15-5-7-16(24)8-6-15)14-29-19(21(31)28(23)2)12-18(27-29)20(30)25-10-9-17-4-3-11-33-17/h3-8,11-12H,9-10,13-14H2,1-2H3,(H,25,30)(H,26,32). The molecule has 0 fully saturated rings. The largest absolute Gasteiger partial charge is 0.350 e. The minimum absolute atomic E-state index is 0.0995. The third kappa shape index (κ3) is 4.65. The van der Waals surface area contributed by atoms with Gasteiger partial charge in [0.05, 0.1) is 6.54 Å². The van der Waals surface area contributed by atoms with E-state index in [2.05, 4.69) is 15.7 Å². The summed E-state index contributed by atoms with van der Waals surface area (Å²) in [5.41, 5.74) is -0.0821. The summed E-state index contributed by atoms with van der Waals surface area (Å²) in [5.74, 6) is -1.49. The van der Waals surface area contributed by atoms with E-state index in [1.54, 1.807) is 37.4 Å². The molecule has 172 valence electrons. The highest BCUT2D eigenvalue weighted by Crippen LogP contribution is 2.26. The van der Waals surface area contributed by atoms with Gasteiger partial charge in [0.15, 0.2) is 5.69 Å². The summed E-state index contributed by atoms with van der Waals surface area (Å²) in [4.78, 5) is 41.1. The van der Waals surface area contributed by atoms with E-state index >= 15 is 0 Å². The Hall–Kier alpha value is -3.53. The fourth-order valence-electron chi connectivity index (χ4n) is 3.66. The summed E-state index contributed by atoms with van der Waals surface area (Å²) >= 11 is 1.62. The average Bonchev–Trinajstić information content (AvgIpc) is 3.47. The first-order valence-electron chi connectivity index (χ1n) is 10.5. The molecule has 33 heavy (non-hydrogen) atoms. The molecule has 0 bridgehead atoms. The number of nitrogens with zero attached hydrogens (tertiary/aromatic N) is 3. The lowest BCUT2D eigenvalue weighted by Gasteiger charge is -2.40. The minimum Gasteiger partial charge on any atom is -0.350 e. The number of fused-ring (bicyclic) bond motifs is 1. The van der Waals surface area contributed by atoms with E-state index in [1.165, 1.54) is 32.7 Å². The fourth-order valence-corrected chi connectivity index (χ4v) is 4.37. The molecule has 4 rings (SSSR count). The first kappa shape index (κ1) is 22.7. The van der Waals surface area contributed by atoms with Crippen LogP contribution in [0.4, 0.5) is 4.39 Å². The van der Waals surface area contributed by atoms with Crippen LogP contribution in [0.5, 0.6) is 0 Å². The maximum atomic E-state index is 13.1. The van der Waals surface area contributed by atoms with Crippen LogP contribution in [0, 0.1) is 5.82 Å². The van der Waals surface area contributed by atoms with Crippen LogP contribution in [0.15, 0.2) is 47.8 Å². The summed E-state index contributed by atoms with van der Waals surface area (Å²) in [7, 11) is 1.55. The number of benzene rings is 1. The second-order valence-electron chi connectivity index (χ2n) is 8.10. The van der Waals surface area contributed by atoms with Crippen molar-refractivity contribution in [1.82, 2.24) is 25.3 Å². The number of carbonyl (C=O) groups is 3. The first-order chi connectivity index (χ1) is 15.8. The van der Waals surface area contributed by atoms with Crippen molar-refractivity contribution >= 4 is 29.1 Å². The Kier molecular flexibility index (Phi) is 6.28. The predicted octanol–water partition coefficient (Wildman–Crippen LogP) is 2.22. The highest BCUT2D eigenvalue weighted by molar-refractivity contribution is 7.09. The maximum absolute atomic E-state index is 13.1. The molecule has 0 saturated carbocycles. The van der Waals surface area contributed by atoms with Crippen molar-refractivity contribution in [2.24, 2.45) is 0 Å². The van der Waals surface area contributed by atoms with Gasteiger partial charge in [-0.3, -0.25) is 19.1 Å². The van der Waals surface area contributed by atoms with Gasteiger partial charge in [-0.2, -0.15) is 5.10 Å². The molecule has 3 amide bonds. The summed E-state index contributed by atoms with van der Waals surface area (Å²) in [6.07, 6.45) is 0.713. The normalized spacial score (nSPS) is 17.5. The number of thiophene rings is 1. The van der Waals surface area contributed by atoms with Gasteiger partial charge < -0.3 is 15.5 Å². The van der Waals surface area contributed by atoms with Crippen molar-refractivity contribution in [3.8, 4) is 0 Å². The van der Waals surface area contributed by atoms with Gasteiger partial charge in [-0.25, -0.2) is 4.39 Å². The zero-order chi connectivity index (χ0) is 23.6. The number of carbonyl (C=O) groups excluding carboxylic acids is 3. The van der Waals surface area contributed by atoms with Crippen LogP contribution >= 0.6 is 11.3 Å². The lowest BCUT2D eigenvalue weighted by Crippen LogP contribution is -2.62. The summed E-state index contributed by atoms with van der Waals surface area (Å²) in [5, 5.41) is 11.9. The van der Waals surface area contributed by atoms with E-state index in [1.807, 2.05) is 17.5 Å². The maximum Gasteiger partial charge on any atom is 0.272 e. The van der Waals surface area contributed by atoms with Gasteiger partial charge in [-0.05, 0) is 42.5 Å². The number of nitrogens with one attached hydrogen (secondary N) is 2.